The number of hydrogen-bond donors (Lipinski definition) is 6. The highest BCUT2D eigenvalue weighted by Gasteiger charge is 2.50. The minimum atomic E-state index is -1.17. The summed E-state index contributed by atoms with van der Waals surface area (Å²) in [6, 6.07) is 26.4. The van der Waals surface area contributed by atoms with Gasteiger partial charge in [-0.2, -0.15) is 0 Å². The third kappa shape index (κ3) is 19.7. The monoisotopic (exact) mass is 1500 g/mol. The molecule has 574 valence electrons. The Morgan fingerprint density at radius 2 is 0.843 bits per heavy atom. The van der Waals surface area contributed by atoms with Crippen LogP contribution in [0.15, 0.2) is 121 Å². The molecule has 0 radical (unpaired) electrons. The number of urea groups is 3. The van der Waals surface area contributed by atoms with Crippen LogP contribution in [0.1, 0.15) is 134 Å². The number of nitrogens with one attached hydrogen (secondary N) is 6. The van der Waals surface area contributed by atoms with Gasteiger partial charge in [0, 0.05) is 62.7 Å². The molecule has 4 aromatic rings. The zero-order chi connectivity index (χ0) is 77.3. The molecule has 0 bridgehead atoms. The van der Waals surface area contributed by atoms with E-state index in [-0.39, 0.29) is 109 Å². The lowest BCUT2D eigenvalue weighted by Gasteiger charge is -2.43. The first-order valence-corrected chi connectivity index (χ1v) is 35.3. The highest BCUT2D eigenvalue weighted by atomic mass is 16.7. The van der Waals surface area contributed by atoms with Crippen molar-refractivity contribution in [3.8, 4) is 0 Å². The molecule has 8 aliphatic rings. The average molecular weight is 1500 g/mol. The zero-order valence-corrected chi connectivity index (χ0v) is 59.8. The minimum Gasteiger partial charge on any atom is -0.460 e. The SMILES string of the molecule is CC(C)(C)OC(=O)CC(C=O)NC(=O)[C@@H]1CCCN2C(=O)CCN(NC(=O)c3ccccc3)C(=O)N12.COC1OC(=O)C[C@@H]1NC(=O)[C@@H]1CCCN2C(=O)CCN(NC(=O)c3ccccc3)C(=O)N12.O=C1C[C@H](NC(=O)[C@@H]2CCCN3C(=O)CCN(NC(=O)c4ccccc4)C(=O)N23)C(OCc2ccccc2)O1. The largest absolute Gasteiger partial charge is 0.460 e. The standard InChI is InChI=1S/C27H29N5O7.C24H31N5O7.C21H25N5O7/c33-22-13-15-30(29-24(35)19-10-5-2-6-11-19)27(37)32-21(12-7-14-31(22)32)25(36)28-20-16-23(34)39-26(20)38-17-18-8-3-1-4-9-18;1-24(2,3)36-20(32)14-17(15-30)25-22(34)18-10-7-12-28-19(31)11-13-27(23(35)29(18)28)26-21(33)16-8-5-4-6-9-16;1-32-20-14(12-17(28)33-20)22-19(30)15-8-5-10-25-16(27)9-11-24(21(31)26(15)25)23-18(29)13-6-3-2-4-7-13/h1-6,8-11,20-21,26H,7,12-17H2,(H,28,36)(H,29,35);4-6,8-9,15,17-18H,7,10-14H2,1-3H3,(H,25,34)(H,26,33);2-4,6-7,14-15,20H,5,8-12H2,1H3,(H,22,30)(H,23,29)/t20-,21-,26?;17?,18-;14-,15-,20?/m000/s1. The molecule has 0 aromatic heterocycles. The van der Waals surface area contributed by atoms with Gasteiger partial charge in [-0.3, -0.25) is 73.8 Å². The Balaban J connectivity index is 0.000000173. The maximum atomic E-state index is 13.6. The lowest BCUT2D eigenvalue weighted by Crippen LogP contribution is -2.65. The van der Waals surface area contributed by atoms with Crippen LogP contribution >= 0.6 is 0 Å². The number of cyclic esters (lactones) is 2. The molecule has 6 N–H and O–H groups in total. The van der Waals surface area contributed by atoms with Crippen LogP contribution < -0.4 is 32.2 Å². The van der Waals surface area contributed by atoms with Crippen LogP contribution in [-0.4, -0.2) is 241 Å². The Kier molecular flexibility index (Phi) is 26.0. The fraction of sp³-hybridized carbons (Fsp3) is 0.444. The van der Waals surface area contributed by atoms with Gasteiger partial charge in [-0.25, -0.2) is 59.5 Å². The average Bonchev–Trinajstić information content (AvgIpc) is 1.50. The van der Waals surface area contributed by atoms with Crippen molar-refractivity contribution in [1.82, 2.24) is 77.3 Å². The van der Waals surface area contributed by atoms with E-state index in [9.17, 15) is 76.7 Å². The van der Waals surface area contributed by atoms with Gasteiger partial charge in [-0.1, -0.05) is 84.9 Å². The lowest BCUT2D eigenvalue weighted by atomic mass is 10.1. The second kappa shape index (κ2) is 35.8. The topological polar surface area (TPSA) is 421 Å². The Morgan fingerprint density at radius 3 is 1.20 bits per heavy atom. The third-order valence-electron chi connectivity index (χ3n) is 18.1. The summed E-state index contributed by atoms with van der Waals surface area (Å²) in [5, 5.41) is 18.1. The van der Waals surface area contributed by atoms with Gasteiger partial charge in [0.25, 0.3) is 17.7 Å². The smallest absolute Gasteiger partial charge is 0.358 e. The quantitative estimate of drug-likeness (QED) is 0.0443. The van der Waals surface area contributed by atoms with Crippen molar-refractivity contribution in [2.24, 2.45) is 0 Å². The normalized spacial score (nSPS) is 22.4. The summed E-state index contributed by atoms with van der Waals surface area (Å²) in [7, 11) is 1.36. The van der Waals surface area contributed by atoms with Crippen molar-refractivity contribution in [2.45, 2.75) is 159 Å². The van der Waals surface area contributed by atoms with Gasteiger partial charge in [-0.15, -0.1) is 0 Å². The fourth-order valence-corrected chi connectivity index (χ4v) is 12.9. The number of ether oxygens (including phenoxy) is 5. The Morgan fingerprint density at radius 1 is 0.491 bits per heavy atom. The second-order valence-corrected chi connectivity index (χ2v) is 27.0. The molecule has 8 heterocycles. The van der Waals surface area contributed by atoms with E-state index in [1.165, 1.54) is 22.1 Å². The molecule has 3 unspecified atom stereocenters. The summed E-state index contributed by atoms with van der Waals surface area (Å²) in [6.45, 7) is 5.84. The zero-order valence-electron chi connectivity index (χ0n) is 59.8. The molecule has 36 heteroatoms. The van der Waals surface area contributed by atoms with E-state index in [1.54, 1.807) is 112 Å². The first-order chi connectivity index (χ1) is 51.8. The second-order valence-electron chi connectivity index (χ2n) is 27.0. The van der Waals surface area contributed by atoms with E-state index in [0.717, 1.165) is 35.6 Å². The van der Waals surface area contributed by atoms with Gasteiger partial charge in [0.15, 0.2) is 0 Å². The number of hydrazine groups is 6. The van der Waals surface area contributed by atoms with Crippen LogP contribution in [0.5, 0.6) is 0 Å². The van der Waals surface area contributed by atoms with Gasteiger partial charge in [0.1, 0.15) is 42.1 Å². The van der Waals surface area contributed by atoms with Crippen LogP contribution in [-0.2, 0) is 78.2 Å². The highest BCUT2D eigenvalue weighted by molar-refractivity contribution is 5.99. The van der Waals surface area contributed by atoms with E-state index >= 15 is 0 Å². The van der Waals surface area contributed by atoms with Crippen LogP contribution in [0.2, 0.25) is 0 Å². The summed E-state index contributed by atoms with van der Waals surface area (Å²) in [5.41, 5.74) is 8.75. The van der Waals surface area contributed by atoms with Gasteiger partial charge >= 0.3 is 36.0 Å². The van der Waals surface area contributed by atoms with Gasteiger partial charge in [0.05, 0.1) is 51.5 Å². The molecule has 8 fully saturated rings. The molecule has 0 saturated carbocycles. The van der Waals surface area contributed by atoms with Crippen molar-refractivity contribution in [2.75, 3.05) is 46.4 Å². The van der Waals surface area contributed by atoms with E-state index in [0.29, 0.717) is 55.1 Å². The number of rotatable bonds is 19. The summed E-state index contributed by atoms with van der Waals surface area (Å²) in [5.74, 6) is -6.07. The minimum absolute atomic E-state index is 0.0115. The Hall–Kier alpha value is -12.1. The van der Waals surface area contributed by atoms with E-state index in [1.807, 2.05) is 30.3 Å². The van der Waals surface area contributed by atoms with Gasteiger partial charge in [0.2, 0.25) is 48.0 Å². The molecular weight excluding hydrogens is 1410 g/mol. The summed E-state index contributed by atoms with van der Waals surface area (Å²) in [4.78, 5) is 204. The molecular formula is C72H85N15O21. The number of esters is 3. The number of carbonyl (C=O) groups excluding carboxylic acids is 16. The van der Waals surface area contributed by atoms with Gasteiger partial charge in [-0.05, 0) is 101 Å². The molecule has 36 nitrogen and oxygen atoms in total. The van der Waals surface area contributed by atoms with Crippen LogP contribution in [0.3, 0.4) is 0 Å². The molecule has 108 heavy (non-hydrogen) atoms. The number of benzene rings is 4. The van der Waals surface area contributed by atoms with Crippen molar-refractivity contribution in [3.05, 3.63) is 144 Å². The van der Waals surface area contributed by atoms with E-state index in [2.05, 4.69) is 32.2 Å². The first kappa shape index (κ1) is 78.5. The van der Waals surface area contributed by atoms with Crippen molar-refractivity contribution in [1.29, 1.82) is 0 Å². The predicted octanol–water partition coefficient (Wildman–Crippen LogP) is 1.89. The maximum Gasteiger partial charge on any atom is 0.358 e. The summed E-state index contributed by atoms with van der Waals surface area (Å²) >= 11 is 0. The van der Waals surface area contributed by atoms with Crippen LogP contribution in [0.25, 0.3) is 0 Å². The number of amides is 15. The molecule has 8 atom stereocenters. The fourth-order valence-electron chi connectivity index (χ4n) is 12.9. The number of nitrogens with zero attached hydrogens (tertiary/aromatic N) is 9. The number of fused-ring (bicyclic) bond motifs is 3. The maximum absolute atomic E-state index is 13.6. The summed E-state index contributed by atoms with van der Waals surface area (Å²) < 4.78 is 26.3. The molecule has 4 aromatic carbocycles. The lowest BCUT2D eigenvalue weighted by molar-refractivity contribution is -0.169. The highest BCUT2D eigenvalue weighted by Crippen LogP contribution is 2.29. The number of carbonyl (C=O) groups is 16. The molecule has 0 spiro atoms. The van der Waals surface area contributed by atoms with Crippen molar-refractivity contribution in [3.63, 3.8) is 0 Å². The van der Waals surface area contributed by atoms with Gasteiger partial charge < -0.3 is 44.4 Å². The molecule has 8 aliphatic heterocycles. The van der Waals surface area contributed by atoms with Crippen molar-refractivity contribution >= 4 is 95.5 Å². The Labute approximate surface area is 619 Å². The molecule has 0 aliphatic carbocycles. The number of methoxy groups -OCH3 is 1. The van der Waals surface area contributed by atoms with Crippen molar-refractivity contribution < 1.29 is 100 Å². The number of hydrogen-bond acceptors (Lipinski definition) is 21. The predicted molar refractivity (Wildman–Crippen MR) is 371 cm³/mol. The Bertz CT molecular complexity index is 4030. The van der Waals surface area contributed by atoms with Crippen LogP contribution in [0, 0.1) is 0 Å². The molecule has 15 amide bonds. The van der Waals surface area contributed by atoms with Crippen LogP contribution in [0.4, 0.5) is 14.4 Å². The number of aldehydes is 1. The summed E-state index contributed by atoms with van der Waals surface area (Å²) in [6.07, 6.45) is 0.154. The molecule has 12 rings (SSSR count). The first-order valence-electron chi connectivity index (χ1n) is 35.3. The van der Waals surface area contributed by atoms with E-state index < -0.39 is 126 Å². The van der Waals surface area contributed by atoms with E-state index in [4.69, 9.17) is 23.7 Å². The third-order valence-corrected chi connectivity index (χ3v) is 18.1. The molecule has 8 saturated heterocycles.